The number of hydrogen-bond acceptors (Lipinski definition) is 7. The molecule has 5 heterocycles. The van der Waals surface area contributed by atoms with Gasteiger partial charge in [-0.05, 0) is 31.5 Å². The Labute approximate surface area is 151 Å². The second-order valence-electron chi connectivity index (χ2n) is 6.76. The highest BCUT2D eigenvalue weighted by Crippen LogP contribution is 2.41. The fourth-order valence-electron chi connectivity index (χ4n) is 3.93. The van der Waals surface area contributed by atoms with Gasteiger partial charge in [-0.3, -0.25) is 0 Å². The molecule has 3 fully saturated rings. The molecule has 1 aromatic carbocycles. The molecule has 0 N–H and O–H groups in total. The number of piperidine rings is 1. The lowest BCUT2D eigenvalue weighted by Gasteiger charge is -2.55. The Hall–Kier alpha value is -2.39. The summed E-state index contributed by atoms with van der Waals surface area (Å²) in [6, 6.07) is 6.58. The molecular weight excluding hydrogens is 356 g/mol. The highest BCUT2D eigenvalue weighted by Gasteiger charge is 2.51. The van der Waals surface area contributed by atoms with Crippen LogP contribution in [0, 0.1) is 6.92 Å². The molecule has 2 bridgehead atoms. The minimum absolute atomic E-state index is 0.0422. The van der Waals surface area contributed by atoms with Crippen LogP contribution in [0.1, 0.15) is 12.2 Å². The maximum Gasteiger partial charge on any atom is 0.243 e. The third-order valence-corrected chi connectivity index (χ3v) is 7.13. The molecule has 2 aromatic rings. The second kappa shape index (κ2) is 5.55. The number of aryl methyl sites for hydroxylation is 1. The van der Waals surface area contributed by atoms with E-state index in [2.05, 4.69) is 14.9 Å². The Balaban J connectivity index is 1.39. The van der Waals surface area contributed by atoms with Crippen LogP contribution in [-0.2, 0) is 10.0 Å². The molecule has 8 nitrogen and oxygen atoms in total. The number of benzene rings is 1. The summed E-state index contributed by atoms with van der Waals surface area (Å²) >= 11 is 0. The Morgan fingerprint density at radius 3 is 2.65 bits per heavy atom. The van der Waals surface area contributed by atoms with Crippen LogP contribution in [-0.4, -0.2) is 54.7 Å². The monoisotopic (exact) mass is 374 g/mol. The topological polar surface area (TPSA) is 84.9 Å². The van der Waals surface area contributed by atoms with Crippen LogP contribution >= 0.6 is 0 Å². The number of rotatable bonds is 3. The van der Waals surface area contributed by atoms with E-state index in [0.717, 1.165) is 12.2 Å². The van der Waals surface area contributed by atoms with Crippen molar-refractivity contribution < 1.29 is 17.9 Å². The first-order chi connectivity index (χ1) is 12.5. The zero-order valence-corrected chi connectivity index (χ0v) is 15.0. The first-order valence-corrected chi connectivity index (χ1v) is 9.94. The molecule has 1 aromatic heterocycles. The molecule has 2 atom stereocenters. The van der Waals surface area contributed by atoms with E-state index in [1.54, 1.807) is 28.7 Å². The summed E-state index contributed by atoms with van der Waals surface area (Å²) in [6.07, 6.45) is 2.61. The second-order valence-corrected chi connectivity index (χ2v) is 8.60. The summed E-state index contributed by atoms with van der Waals surface area (Å²) in [7, 11) is -3.56. The van der Waals surface area contributed by atoms with Crippen LogP contribution in [0.4, 0.5) is 5.82 Å². The van der Waals surface area contributed by atoms with Crippen molar-refractivity contribution in [2.45, 2.75) is 30.3 Å². The molecule has 0 saturated carbocycles. The van der Waals surface area contributed by atoms with Crippen LogP contribution in [0.5, 0.6) is 11.5 Å². The third kappa shape index (κ3) is 2.34. The molecule has 0 radical (unpaired) electrons. The van der Waals surface area contributed by atoms with E-state index in [-0.39, 0.29) is 23.8 Å². The van der Waals surface area contributed by atoms with Gasteiger partial charge in [0.2, 0.25) is 16.8 Å². The normalized spacial score (nSPS) is 24.4. The zero-order chi connectivity index (χ0) is 17.9. The molecule has 6 rings (SSSR count). The van der Waals surface area contributed by atoms with Crippen molar-refractivity contribution in [3.63, 3.8) is 0 Å². The number of hydrogen-bond donors (Lipinski definition) is 0. The molecule has 2 unspecified atom stereocenters. The molecule has 4 aliphatic heterocycles. The number of piperazine rings is 1. The summed E-state index contributed by atoms with van der Waals surface area (Å²) in [5.41, 5.74) is 0. The number of fused-ring (bicyclic) bond motifs is 3. The molecule has 136 valence electrons. The van der Waals surface area contributed by atoms with Gasteiger partial charge in [-0.2, -0.15) is 4.31 Å². The number of aromatic nitrogens is 2. The van der Waals surface area contributed by atoms with Gasteiger partial charge in [0.25, 0.3) is 0 Å². The summed E-state index contributed by atoms with van der Waals surface area (Å²) in [5, 5.41) is 0. The maximum absolute atomic E-state index is 13.1. The van der Waals surface area contributed by atoms with Crippen LogP contribution in [0.3, 0.4) is 0 Å². The third-order valence-electron chi connectivity index (χ3n) is 5.13. The van der Waals surface area contributed by atoms with Gasteiger partial charge in [0.1, 0.15) is 11.6 Å². The van der Waals surface area contributed by atoms with E-state index < -0.39 is 10.0 Å². The molecule has 26 heavy (non-hydrogen) atoms. The summed E-state index contributed by atoms with van der Waals surface area (Å²) in [6.45, 7) is 3.25. The molecule has 0 amide bonds. The van der Waals surface area contributed by atoms with Gasteiger partial charge in [-0.1, -0.05) is 0 Å². The average molecular weight is 374 g/mol. The van der Waals surface area contributed by atoms with E-state index >= 15 is 0 Å². The van der Waals surface area contributed by atoms with E-state index in [4.69, 9.17) is 9.47 Å². The van der Waals surface area contributed by atoms with Gasteiger partial charge in [0, 0.05) is 37.4 Å². The van der Waals surface area contributed by atoms with Crippen molar-refractivity contribution in [2.75, 3.05) is 24.8 Å². The zero-order valence-electron chi connectivity index (χ0n) is 14.2. The minimum Gasteiger partial charge on any atom is -0.454 e. The average Bonchev–Trinajstić information content (AvgIpc) is 3.09. The SMILES string of the molecule is Cc1nccc(N2CC3CC(C2)N3S(=O)(=O)c2ccc3c(c2)OCO3)n1. The van der Waals surface area contributed by atoms with Crippen molar-refractivity contribution in [1.82, 2.24) is 14.3 Å². The van der Waals surface area contributed by atoms with E-state index in [1.807, 2.05) is 13.0 Å². The Kier molecular flexibility index (Phi) is 3.38. The molecule has 9 heteroatoms. The van der Waals surface area contributed by atoms with E-state index in [0.29, 0.717) is 30.4 Å². The number of anilines is 1. The van der Waals surface area contributed by atoms with Gasteiger partial charge in [-0.25, -0.2) is 18.4 Å². The molecule has 0 aliphatic carbocycles. The van der Waals surface area contributed by atoms with Gasteiger partial charge in [0.15, 0.2) is 11.5 Å². The number of nitrogens with zero attached hydrogens (tertiary/aromatic N) is 4. The van der Waals surface area contributed by atoms with Crippen LogP contribution in [0.25, 0.3) is 0 Å². The van der Waals surface area contributed by atoms with E-state index in [9.17, 15) is 8.42 Å². The first kappa shape index (κ1) is 15.8. The number of ether oxygens (including phenoxy) is 2. The van der Waals surface area contributed by atoms with Crippen molar-refractivity contribution in [1.29, 1.82) is 0 Å². The molecular formula is C17H18N4O4S. The summed E-state index contributed by atoms with van der Waals surface area (Å²) < 4.78 is 38.4. The van der Waals surface area contributed by atoms with Crippen molar-refractivity contribution in [3.8, 4) is 11.5 Å². The summed E-state index contributed by atoms with van der Waals surface area (Å²) in [5.74, 6) is 2.63. The lowest BCUT2D eigenvalue weighted by molar-refractivity contribution is 0.0874. The van der Waals surface area contributed by atoms with Crippen LogP contribution in [0.15, 0.2) is 35.4 Å². The standard InChI is InChI=1S/C17H18N4O4S/c1-11-18-5-4-17(19-11)20-8-12-6-13(9-20)21(12)26(22,23)14-2-3-15-16(7-14)25-10-24-15/h2-5,7,12-13H,6,8-10H2,1H3. The van der Waals surface area contributed by atoms with Gasteiger partial charge < -0.3 is 14.4 Å². The molecule has 3 saturated heterocycles. The predicted octanol–water partition coefficient (Wildman–Crippen LogP) is 1.17. The maximum atomic E-state index is 13.1. The predicted molar refractivity (Wildman–Crippen MR) is 92.8 cm³/mol. The smallest absolute Gasteiger partial charge is 0.243 e. The number of sulfonamides is 1. The lowest BCUT2D eigenvalue weighted by Crippen LogP contribution is -2.70. The van der Waals surface area contributed by atoms with Gasteiger partial charge >= 0.3 is 0 Å². The summed E-state index contributed by atoms with van der Waals surface area (Å²) in [4.78, 5) is 11.0. The Morgan fingerprint density at radius 2 is 1.88 bits per heavy atom. The quantitative estimate of drug-likeness (QED) is 0.797. The lowest BCUT2D eigenvalue weighted by atomic mass is 9.91. The van der Waals surface area contributed by atoms with Gasteiger partial charge in [0.05, 0.1) is 4.90 Å². The highest BCUT2D eigenvalue weighted by atomic mass is 32.2. The van der Waals surface area contributed by atoms with Crippen molar-refractivity contribution in [3.05, 3.63) is 36.3 Å². The van der Waals surface area contributed by atoms with Crippen LogP contribution < -0.4 is 14.4 Å². The van der Waals surface area contributed by atoms with Crippen molar-refractivity contribution in [2.24, 2.45) is 0 Å². The Morgan fingerprint density at radius 1 is 1.12 bits per heavy atom. The highest BCUT2D eigenvalue weighted by molar-refractivity contribution is 7.89. The molecule has 0 spiro atoms. The fourth-order valence-corrected chi connectivity index (χ4v) is 5.76. The van der Waals surface area contributed by atoms with E-state index in [1.165, 1.54) is 0 Å². The minimum atomic E-state index is -3.56. The fraction of sp³-hybridized carbons (Fsp3) is 0.412. The van der Waals surface area contributed by atoms with Crippen molar-refractivity contribution >= 4 is 15.8 Å². The van der Waals surface area contributed by atoms with Gasteiger partial charge in [-0.15, -0.1) is 0 Å². The molecule has 4 aliphatic rings. The largest absolute Gasteiger partial charge is 0.454 e. The first-order valence-electron chi connectivity index (χ1n) is 8.50. The Bertz CT molecular complexity index is 968. The van der Waals surface area contributed by atoms with Crippen LogP contribution in [0.2, 0.25) is 0 Å².